The van der Waals surface area contributed by atoms with E-state index in [1.807, 2.05) is 18.2 Å². The minimum atomic E-state index is -0.127. The molecular formula is C16H16N4O3. The minimum Gasteiger partial charge on any atom is -0.473 e. The van der Waals surface area contributed by atoms with Gasteiger partial charge in [-0.15, -0.1) is 5.10 Å². The van der Waals surface area contributed by atoms with E-state index in [-0.39, 0.29) is 19.0 Å². The molecule has 7 heteroatoms. The number of fused-ring (bicyclic) bond motifs is 1. The van der Waals surface area contributed by atoms with Crippen LogP contribution in [0.25, 0.3) is 5.52 Å². The molecule has 0 spiro atoms. The van der Waals surface area contributed by atoms with Crippen molar-refractivity contribution in [2.24, 2.45) is 10.7 Å². The number of aromatic nitrogens is 2. The molecule has 1 aliphatic carbocycles. The van der Waals surface area contributed by atoms with Gasteiger partial charge in [-0.3, -0.25) is 4.79 Å². The van der Waals surface area contributed by atoms with Crippen molar-refractivity contribution in [2.45, 2.75) is 6.92 Å². The summed E-state index contributed by atoms with van der Waals surface area (Å²) in [5.41, 5.74) is 8.48. The maximum atomic E-state index is 11.6. The van der Waals surface area contributed by atoms with Crippen molar-refractivity contribution in [1.29, 1.82) is 0 Å². The molecule has 0 aliphatic heterocycles. The number of ketones is 1. The van der Waals surface area contributed by atoms with Gasteiger partial charge in [0, 0.05) is 12.3 Å². The van der Waals surface area contributed by atoms with Crippen molar-refractivity contribution >= 4 is 22.7 Å². The van der Waals surface area contributed by atoms with E-state index in [2.05, 4.69) is 10.1 Å². The number of aliphatic hydroxyl groups excluding tert-OH is 1. The molecule has 118 valence electrons. The van der Waals surface area contributed by atoms with Gasteiger partial charge in [0.2, 0.25) is 0 Å². The second-order valence-electron chi connectivity index (χ2n) is 5.04. The summed E-state index contributed by atoms with van der Waals surface area (Å²) in [5.74, 6) is 0.173. The van der Waals surface area contributed by atoms with Crippen LogP contribution in [-0.2, 0) is 4.79 Å². The standard InChI is InChI=1S/C16H16N4O3/c1-10-8-12(11(17)9-14(10)22)18-15-13-4-2-3-5-20(13)19-16(15)23-7-6-21/h2-5,8-9,21H,6-7,17H2,1H3. The molecule has 2 heterocycles. The number of pyridine rings is 1. The molecule has 3 N–H and O–H groups in total. The summed E-state index contributed by atoms with van der Waals surface area (Å²) >= 11 is 0. The molecule has 23 heavy (non-hydrogen) atoms. The van der Waals surface area contributed by atoms with Gasteiger partial charge in [0.15, 0.2) is 11.5 Å². The van der Waals surface area contributed by atoms with Crippen LogP contribution in [0.15, 0.2) is 52.8 Å². The molecule has 0 saturated carbocycles. The Labute approximate surface area is 132 Å². The van der Waals surface area contributed by atoms with E-state index < -0.39 is 0 Å². The first-order chi connectivity index (χ1) is 11.1. The summed E-state index contributed by atoms with van der Waals surface area (Å²) in [6, 6.07) is 5.55. The number of rotatable bonds is 4. The molecule has 1 aliphatic rings. The van der Waals surface area contributed by atoms with E-state index >= 15 is 0 Å². The van der Waals surface area contributed by atoms with Crippen LogP contribution in [-0.4, -0.2) is 39.4 Å². The predicted octanol–water partition coefficient (Wildman–Crippen LogP) is 1.15. The van der Waals surface area contributed by atoms with Crippen LogP contribution in [0.2, 0.25) is 0 Å². The first-order valence-corrected chi connectivity index (χ1v) is 7.10. The molecular weight excluding hydrogens is 296 g/mol. The van der Waals surface area contributed by atoms with Crippen molar-refractivity contribution < 1.29 is 14.6 Å². The lowest BCUT2D eigenvalue weighted by molar-refractivity contribution is -0.111. The van der Waals surface area contributed by atoms with Gasteiger partial charge >= 0.3 is 0 Å². The number of carbonyl (C=O) groups is 1. The molecule has 3 rings (SSSR count). The molecule has 0 radical (unpaired) electrons. The van der Waals surface area contributed by atoms with E-state index in [1.165, 1.54) is 6.08 Å². The Morgan fingerprint density at radius 1 is 1.39 bits per heavy atom. The van der Waals surface area contributed by atoms with E-state index in [9.17, 15) is 4.79 Å². The zero-order valence-electron chi connectivity index (χ0n) is 12.6. The number of nitrogens with zero attached hydrogens (tertiary/aromatic N) is 3. The first kappa shape index (κ1) is 15.0. The number of hydrogen-bond acceptors (Lipinski definition) is 6. The van der Waals surface area contributed by atoms with Gasteiger partial charge in [-0.2, -0.15) is 0 Å². The van der Waals surface area contributed by atoms with Gasteiger partial charge in [0.05, 0.1) is 23.5 Å². The summed E-state index contributed by atoms with van der Waals surface area (Å²) in [4.78, 5) is 16.2. The highest BCUT2D eigenvalue weighted by molar-refractivity contribution is 6.22. The number of aliphatic hydroxyl groups is 1. The van der Waals surface area contributed by atoms with Crippen molar-refractivity contribution in [2.75, 3.05) is 13.2 Å². The van der Waals surface area contributed by atoms with Gasteiger partial charge in [-0.1, -0.05) is 6.07 Å². The summed E-state index contributed by atoms with van der Waals surface area (Å²) in [6.07, 6.45) is 4.77. The van der Waals surface area contributed by atoms with Gasteiger partial charge in [-0.05, 0) is 30.7 Å². The monoisotopic (exact) mass is 312 g/mol. The summed E-state index contributed by atoms with van der Waals surface area (Å²) in [6.45, 7) is 1.69. The van der Waals surface area contributed by atoms with Crippen LogP contribution in [0.3, 0.4) is 0 Å². The van der Waals surface area contributed by atoms with Crippen LogP contribution < -0.4 is 10.5 Å². The van der Waals surface area contributed by atoms with Gasteiger partial charge in [-0.25, -0.2) is 9.51 Å². The second kappa shape index (κ2) is 6.05. The van der Waals surface area contributed by atoms with Gasteiger partial charge in [0.1, 0.15) is 6.61 Å². The fraction of sp³-hybridized carbons (Fsp3) is 0.188. The first-order valence-electron chi connectivity index (χ1n) is 7.10. The van der Waals surface area contributed by atoms with Crippen LogP contribution in [0, 0.1) is 0 Å². The maximum Gasteiger partial charge on any atom is 0.260 e. The average Bonchev–Trinajstić information content (AvgIpc) is 2.88. The topological polar surface area (TPSA) is 102 Å². The average molecular weight is 312 g/mol. The number of allylic oxidation sites excluding steroid dienone is 3. The lowest BCUT2D eigenvalue weighted by Gasteiger charge is -2.09. The summed E-state index contributed by atoms with van der Waals surface area (Å²) in [7, 11) is 0. The third-order valence-corrected chi connectivity index (χ3v) is 3.37. The SMILES string of the molecule is CC1=CC(=Nc2c(OCCO)nn3ccccc23)C(N)=CC1=O. The third kappa shape index (κ3) is 2.86. The molecule has 0 saturated heterocycles. The predicted molar refractivity (Wildman–Crippen MR) is 85.9 cm³/mol. The molecule has 0 fully saturated rings. The lowest BCUT2D eigenvalue weighted by atomic mass is 10.0. The minimum absolute atomic E-state index is 0.112. The number of hydrogen-bond donors (Lipinski definition) is 2. The smallest absolute Gasteiger partial charge is 0.260 e. The normalized spacial score (nSPS) is 16.6. The quantitative estimate of drug-likeness (QED) is 0.825. The molecule has 0 amide bonds. The Morgan fingerprint density at radius 2 is 2.22 bits per heavy atom. The molecule has 7 nitrogen and oxygen atoms in total. The van der Waals surface area contributed by atoms with Crippen LogP contribution >= 0.6 is 0 Å². The Morgan fingerprint density at radius 3 is 3.00 bits per heavy atom. The molecule has 0 atom stereocenters. The zero-order chi connectivity index (χ0) is 16.4. The fourth-order valence-corrected chi connectivity index (χ4v) is 2.21. The zero-order valence-corrected chi connectivity index (χ0v) is 12.6. The summed E-state index contributed by atoms with van der Waals surface area (Å²) < 4.78 is 7.09. The van der Waals surface area contributed by atoms with Crippen LogP contribution in [0.5, 0.6) is 5.88 Å². The Balaban J connectivity index is 2.13. The van der Waals surface area contributed by atoms with E-state index in [0.717, 1.165) is 5.52 Å². The second-order valence-corrected chi connectivity index (χ2v) is 5.04. The maximum absolute atomic E-state index is 11.6. The van der Waals surface area contributed by atoms with Crippen LogP contribution in [0.4, 0.5) is 5.69 Å². The fourth-order valence-electron chi connectivity index (χ4n) is 2.21. The number of nitrogens with two attached hydrogens (primary N) is 1. The van der Waals surface area contributed by atoms with Crippen molar-refractivity contribution in [3.05, 3.63) is 47.8 Å². The molecule has 2 aromatic rings. The van der Waals surface area contributed by atoms with Gasteiger partial charge in [0.25, 0.3) is 5.88 Å². The Kier molecular flexibility index (Phi) is 3.94. The Hall–Kier alpha value is -2.93. The van der Waals surface area contributed by atoms with E-state index in [4.69, 9.17) is 15.6 Å². The van der Waals surface area contributed by atoms with Gasteiger partial charge < -0.3 is 15.6 Å². The third-order valence-electron chi connectivity index (χ3n) is 3.37. The van der Waals surface area contributed by atoms with Crippen LogP contribution in [0.1, 0.15) is 6.92 Å². The lowest BCUT2D eigenvalue weighted by Crippen LogP contribution is -2.17. The van der Waals surface area contributed by atoms with E-state index in [1.54, 1.807) is 23.7 Å². The number of ether oxygens (including phenoxy) is 1. The highest BCUT2D eigenvalue weighted by Gasteiger charge is 2.18. The highest BCUT2D eigenvalue weighted by Crippen LogP contribution is 2.32. The number of aliphatic imine (C=N–C) groups is 1. The largest absolute Gasteiger partial charge is 0.473 e. The summed E-state index contributed by atoms with van der Waals surface area (Å²) in [5, 5.41) is 13.3. The van der Waals surface area contributed by atoms with Crippen molar-refractivity contribution in [1.82, 2.24) is 9.61 Å². The molecule has 0 bridgehead atoms. The van der Waals surface area contributed by atoms with Crippen molar-refractivity contribution in [3.8, 4) is 5.88 Å². The number of carbonyl (C=O) groups excluding carboxylic acids is 1. The van der Waals surface area contributed by atoms with E-state index in [0.29, 0.717) is 28.5 Å². The molecule has 2 aromatic heterocycles. The molecule has 0 unspecified atom stereocenters. The van der Waals surface area contributed by atoms with Crippen molar-refractivity contribution in [3.63, 3.8) is 0 Å². The highest BCUT2D eigenvalue weighted by atomic mass is 16.5. The molecule has 0 aromatic carbocycles. The Bertz CT molecular complexity index is 861.